The molecule has 0 saturated heterocycles. The summed E-state index contributed by atoms with van der Waals surface area (Å²) in [5, 5.41) is 9.98. The van der Waals surface area contributed by atoms with Gasteiger partial charge in [0.15, 0.2) is 0 Å². The lowest BCUT2D eigenvalue weighted by Gasteiger charge is -2.24. The molecule has 112 valence electrons. The minimum absolute atomic E-state index is 0.233. The Morgan fingerprint density at radius 2 is 2.10 bits per heavy atom. The zero-order valence-corrected chi connectivity index (χ0v) is 12.1. The molecule has 0 aromatic heterocycles. The van der Waals surface area contributed by atoms with Crippen LogP contribution in [0.1, 0.15) is 18.4 Å². The maximum atomic E-state index is 12.9. The number of halogens is 1. The molecule has 0 aliphatic heterocycles. The minimum atomic E-state index is -0.384. The summed E-state index contributed by atoms with van der Waals surface area (Å²) in [6, 6.07) is 6.45. The monoisotopic (exact) mass is 281 g/mol. The molecular formula is C16H24FNO2. The zero-order valence-electron chi connectivity index (χ0n) is 12.1. The van der Waals surface area contributed by atoms with Crippen LogP contribution in [0, 0.1) is 5.82 Å². The molecule has 1 unspecified atom stereocenters. The van der Waals surface area contributed by atoms with Crippen LogP contribution >= 0.6 is 0 Å². The fourth-order valence-electron chi connectivity index (χ4n) is 2.00. The molecule has 1 aromatic carbocycles. The molecule has 0 saturated carbocycles. The third-order valence-corrected chi connectivity index (χ3v) is 3.10. The molecule has 20 heavy (non-hydrogen) atoms. The molecule has 0 fully saturated rings. The van der Waals surface area contributed by atoms with Crippen molar-refractivity contribution in [2.75, 3.05) is 26.8 Å². The predicted molar refractivity (Wildman–Crippen MR) is 79.0 cm³/mol. The number of allylic oxidation sites excluding steroid dienone is 1. The molecule has 1 atom stereocenters. The van der Waals surface area contributed by atoms with E-state index in [1.54, 1.807) is 19.2 Å². The summed E-state index contributed by atoms with van der Waals surface area (Å²) in [7, 11) is 1.66. The SMILES string of the molecule is C=CCCC(O)CN(CCOC)Cc1ccc(F)cc1. The van der Waals surface area contributed by atoms with E-state index in [0.717, 1.165) is 18.5 Å². The Morgan fingerprint density at radius 1 is 1.40 bits per heavy atom. The van der Waals surface area contributed by atoms with E-state index in [1.807, 2.05) is 6.08 Å². The lowest BCUT2D eigenvalue weighted by Crippen LogP contribution is -2.34. The first kappa shape index (κ1) is 16.8. The molecule has 1 aromatic rings. The van der Waals surface area contributed by atoms with Gasteiger partial charge in [-0.25, -0.2) is 4.39 Å². The molecule has 0 heterocycles. The third kappa shape index (κ3) is 6.80. The number of benzene rings is 1. The number of aliphatic hydroxyl groups excluding tert-OH is 1. The van der Waals surface area contributed by atoms with Crippen molar-refractivity contribution >= 4 is 0 Å². The molecule has 0 bridgehead atoms. The standard InChI is InChI=1S/C16H24FNO2/c1-3-4-5-16(19)13-18(10-11-20-2)12-14-6-8-15(17)9-7-14/h3,6-9,16,19H,1,4-5,10-13H2,2H3. The summed E-state index contributed by atoms with van der Waals surface area (Å²) in [5.74, 6) is -0.233. The zero-order chi connectivity index (χ0) is 14.8. The highest BCUT2D eigenvalue weighted by Gasteiger charge is 2.11. The molecular weight excluding hydrogens is 257 g/mol. The second-order valence-corrected chi connectivity index (χ2v) is 4.87. The Kier molecular flexibility index (Phi) is 8.11. The van der Waals surface area contributed by atoms with Crippen LogP contribution in [0.3, 0.4) is 0 Å². The number of methoxy groups -OCH3 is 1. The molecule has 1 rings (SSSR count). The van der Waals surface area contributed by atoms with Gasteiger partial charge in [0.2, 0.25) is 0 Å². The van der Waals surface area contributed by atoms with E-state index >= 15 is 0 Å². The molecule has 3 nitrogen and oxygen atoms in total. The van der Waals surface area contributed by atoms with E-state index in [-0.39, 0.29) is 11.9 Å². The summed E-state index contributed by atoms with van der Waals surface area (Å²) < 4.78 is 18.0. The van der Waals surface area contributed by atoms with Gasteiger partial charge < -0.3 is 9.84 Å². The summed E-state index contributed by atoms with van der Waals surface area (Å²) in [5.41, 5.74) is 1.03. The van der Waals surface area contributed by atoms with Crippen LogP contribution in [0.5, 0.6) is 0 Å². The lowest BCUT2D eigenvalue weighted by molar-refractivity contribution is 0.0809. The number of hydrogen-bond acceptors (Lipinski definition) is 3. The van der Waals surface area contributed by atoms with E-state index < -0.39 is 0 Å². The van der Waals surface area contributed by atoms with Gasteiger partial charge in [-0.3, -0.25) is 4.90 Å². The molecule has 0 amide bonds. The Bertz CT molecular complexity index is 381. The highest BCUT2D eigenvalue weighted by atomic mass is 19.1. The third-order valence-electron chi connectivity index (χ3n) is 3.10. The van der Waals surface area contributed by atoms with Crippen LogP contribution in [0.2, 0.25) is 0 Å². The quantitative estimate of drug-likeness (QED) is 0.669. The predicted octanol–water partition coefficient (Wildman–Crippen LogP) is 2.60. The number of aliphatic hydroxyl groups is 1. The molecule has 0 spiro atoms. The van der Waals surface area contributed by atoms with Gasteiger partial charge in [0, 0.05) is 26.7 Å². The maximum Gasteiger partial charge on any atom is 0.123 e. The first-order chi connectivity index (χ1) is 9.65. The van der Waals surface area contributed by atoms with Crippen molar-refractivity contribution in [3.63, 3.8) is 0 Å². The molecule has 4 heteroatoms. The summed E-state index contributed by atoms with van der Waals surface area (Å²) in [4.78, 5) is 2.12. The van der Waals surface area contributed by atoms with Gasteiger partial charge in [-0.15, -0.1) is 6.58 Å². The van der Waals surface area contributed by atoms with Crippen molar-refractivity contribution < 1.29 is 14.2 Å². The van der Waals surface area contributed by atoms with Crippen molar-refractivity contribution in [1.82, 2.24) is 4.90 Å². The van der Waals surface area contributed by atoms with Crippen LogP contribution in [0.4, 0.5) is 4.39 Å². The molecule has 0 aliphatic carbocycles. The Morgan fingerprint density at radius 3 is 2.70 bits per heavy atom. The Balaban J connectivity index is 2.53. The molecule has 1 N–H and O–H groups in total. The van der Waals surface area contributed by atoms with Gasteiger partial charge in [0.05, 0.1) is 12.7 Å². The van der Waals surface area contributed by atoms with Crippen molar-refractivity contribution in [2.45, 2.75) is 25.5 Å². The highest BCUT2D eigenvalue weighted by molar-refractivity contribution is 5.15. The second-order valence-electron chi connectivity index (χ2n) is 4.87. The smallest absolute Gasteiger partial charge is 0.123 e. The fraction of sp³-hybridized carbons (Fsp3) is 0.500. The van der Waals surface area contributed by atoms with E-state index in [2.05, 4.69) is 11.5 Å². The first-order valence-corrected chi connectivity index (χ1v) is 6.90. The van der Waals surface area contributed by atoms with Gasteiger partial charge in [0.1, 0.15) is 5.82 Å². The Labute approximate surface area is 120 Å². The van der Waals surface area contributed by atoms with Crippen molar-refractivity contribution in [3.8, 4) is 0 Å². The largest absolute Gasteiger partial charge is 0.392 e. The normalized spacial score (nSPS) is 12.6. The summed E-state index contributed by atoms with van der Waals surface area (Å²) in [6.45, 7) is 6.25. The number of nitrogens with zero attached hydrogens (tertiary/aromatic N) is 1. The van der Waals surface area contributed by atoms with Crippen LogP contribution in [-0.4, -0.2) is 42.9 Å². The number of rotatable bonds is 10. The van der Waals surface area contributed by atoms with Gasteiger partial charge in [0.25, 0.3) is 0 Å². The van der Waals surface area contributed by atoms with Gasteiger partial charge in [-0.05, 0) is 30.5 Å². The summed E-state index contributed by atoms with van der Waals surface area (Å²) in [6.07, 6.45) is 2.93. The topological polar surface area (TPSA) is 32.7 Å². The number of ether oxygens (including phenoxy) is 1. The van der Waals surface area contributed by atoms with E-state index in [0.29, 0.717) is 26.1 Å². The number of hydrogen-bond donors (Lipinski definition) is 1. The van der Waals surface area contributed by atoms with Crippen molar-refractivity contribution in [3.05, 3.63) is 48.3 Å². The van der Waals surface area contributed by atoms with Gasteiger partial charge >= 0.3 is 0 Å². The maximum absolute atomic E-state index is 12.9. The first-order valence-electron chi connectivity index (χ1n) is 6.90. The van der Waals surface area contributed by atoms with E-state index in [9.17, 15) is 9.50 Å². The van der Waals surface area contributed by atoms with Gasteiger partial charge in [-0.2, -0.15) is 0 Å². The van der Waals surface area contributed by atoms with E-state index in [1.165, 1.54) is 12.1 Å². The van der Waals surface area contributed by atoms with Crippen molar-refractivity contribution in [1.29, 1.82) is 0 Å². The van der Waals surface area contributed by atoms with Crippen LogP contribution in [-0.2, 0) is 11.3 Å². The molecule has 0 aliphatic rings. The van der Waals surface area contributed by atoms with Crippen molar-refractivity contribution in [2.24, 2.45) is 0 Å². The van der Waals surface area contributed by atoms with E-state index in [4.69, 9.17) is 4.74 Å². The van der Waals surface area contributed by atoms with Gasteiger partial charge in [-0.1, -0.05) is 18.2 Å². The summed E-state index contributed by atoms with van der Waals surface area (Å²) >= 11 is 0. The van der Waals surface area contributed by atoms with Crippen LogP contribution in [0.15, 0.2) is 36.9 Å². The average Bonchev–Trinajstić information content (AvgIpc) is 2.45. The molecule has 0 radical (unpaired) electrons. The van der Waals surface area contributed by atoms with Crippen LogP contribution < -0.4 is 0 Å². The fourth-order valence-corrected chi connectivity index (χ4v) is 2.00. The Hall–Kier alpha value is -1.23. The van der Waals surface area contributed by atoms with Crippen LogP contribution in [0.25, 0.3) is 0 Å². The minimum Gasteiger partial charge on any atom is -0.392 e. The second kappa shape index (κ2) is 9.64. The lowest BCUT2D eigenvalue weighted by atomic mass is 10.1. The highest BCUT2D eigenvalue weighted by Crippen LogP contribution is 2.09. The average molecular weight is 281 g/mol.